The summed E-state index contributed by atoms with van der Waals surface area (Å²) in [6, 6.07) is 1.73. The third-order valence-corrected chi connectivity index (χ3v) is 12.3. The molecular formula is C18H26N4O23P4. The molecule has 0 aliphatic carbocycles. The number of phosphoric ester groups is 2. The standard InChI is InChI=1S/C18H26N4O23P4/c23-9-1-3-21(17(29)19-9)15-13(27)11(25)7(41-15)5-39-46(31,32)43-48(35,36)45-49(37,38)44-47(33,34)40-6-8-12(26)14(28)16(42-8)22-4-2-10(24)20-18(22)30/h1-4,7-8,11-16,25-28H,5-6H2,(H,31,32)(H,33,34)(H,35,36)(H,37,38)(H,19,23,29)(H,20,24,30)/t7-,8+,11-,12+,13-,14+,15-,16+. The molecular weight excluding hydrogens is 764 g/mol. The van der Waals surface area contributed by atoms with Crippen LogP contribution >= 0.6 is 31.3 Å². The van der Waals surface area contributed by atoms with Crippen molar-refractivity contribution >= 4 is 31.3 Å². The highest BCUT2D eigenvalue weighted by Gasteiger charge is 2.49. The van der Waals surface area contributed by atoms with Crippen molar-refractivity contribution < 1.29 is 89.7 Å². The van der Waals surface area contributed by atoms with E-state index in [1.165, 1.54) is 0 Å². The number of aromatic nitrogens is 4. The van der Waals surface area contributed by atoms with Crippen LogP contribution in [-0.4, -0.2) is 109 Å². The van der Waals surface area contributed by atoms with Crippen molar-refractivity contribution in [2.24, 2.45) is 0 Å². The molecule has 4 rings (SSSR count). The molecule has 2 aromatic heterocycles. The highest BCUT2D eigenvalue weighted by atomic mass is 31.3. The first-order chi connectivity index (χ1) is 22.5. The lowest BCUT2D eigenvalue weighted by atomic mass is 10.1. The van der Waals surface area contributed by atoms with Crippen molar-refractivity contribution in [3.63, 3.8) is 0 Å². The van der Waals surface area contributed by atoms with Crippen molar-refractivity contribution in [3.05, 3.63) is 66.2 Å². The zero-order valence-electron chi connectivity index (χ0n) is 23.7. The quantitative estimate of drug-likeness (QED) is 0.0811. The van der Waals surface area contributed by atoms with Gasteiger partial charge in [-0.2, -0.15) is 12.9 Å². The lowest BCUT2D eigenvalue weighted by molar-refractivity contribution is -0.0544. The third kappa shape index (κ3) is 9.93. The number of nitrogens with zero attached hydrogens (tertiary/aromatic N) is 2. The van der Waals surface area contributed by atoms with E-state index >= 15 is 0 Å². The Morgan fingerprint density at radius 3 is 1.24 bits per heavy atom. The van der Waals surface area contributed by atoms with Gasteiger partial charge in [0.05, 0.1) is 13.2 Å². The van der Waals surface area contributed by atoms with Crippen molar-refractivity contribution in [2.75, 3.05) is 13.2 Å². The number of phosphoric acid groups is 4. The minimum absolute atomic E-state index is 0.642. The first-order valence-electron chi connectivity index (χ1n) is 12.9. The van der Waals surface area contributed by atoms with Gasteiger partial charge >= 0.3 is 42.7 Å². The molecule has 2 aliphatic heterocycles. The predicted octanol–water partition coefficient (Wildman–Crippen LogP) is -4.19. The van der Waals surface area contributed by atoms with Crippen LogP contribution in [0, 0.1) is 0 Å². The first-order valence-corrected chi connectivity index (χ1v) is 18.9. The molecule has 4 unspecified atom stereocenters. The van der Waals surface area contributed by atoms with E-state index in [2.05, 4.69) is 22.0 Å². The smallest absolute Gasteiger partial charge is 0.387 e. The second-order valence-electron chi connectivity index (χ2n) is 9.84. The number of H-pyrrole nitrogens is 2. The molecule has 10 N–H and O–H groups in total. The lowest BCUT2D eigenvalue weighted by Gasteiger charge is -2.21. The Morgan fingerprint density at radius 1 is 0.592 bits per heavy atom. The van der Waals surface area contributed by atoms with Gasteiger partial charge in [0.25, 0.3) is 11.1 Å². The Labute approximate surface area is 268 Å². The van der Waals surface area contributed by atoms with E-state index in [1.807, 2.05) is 9.97 Å². The number of hydrogen-bond donors (Lipinski definition) is 10. The van der Waals surface area contributed by atoms with E-state index in [0.29, 0.717) is 9.13 Å². The SMILES string of the molecule is O=c1ccn([C@@H]2O[C@H](COP(=O)(O)OP(=O)(O)OP(=O)(O)OP(=O)(O)OC[C@@H]3O[C@H](n4ccc(=O)[nH]c4=O)[C@@H](O)[C@H]3O)[C@@H](O)[C@H]2O)c(=O)[nH]1. The molecule has 27 nitrogen and oxygen atoms in total. The molecule has 2 fully saturated rings. The number of ether oxygens (including phenoxy) is 2. The summed E-state index contributed by atoms with van der Waals surface area (Å²) in [5.41, 5.74) is -3.78. The molecule has 2 saturated heterocycles. The zero-order valence-corrected chi connectivity index (χ0v) is 27.3. The van der Waals surface area contributed by atoms with Crippen LogP contribution in [0.15, 0.2) is 43.7 Å². The zero-order chi connectivity index (χ0) is 36.7. The van der Waals surface area contributed by atoms with Crippen LogP contribution in [-0.2, 0) is 49.7 Å². The molecule has 2 aliphatic rings. The normalized spacial score (nSPS) is 32.2. The highest BCUT2D eigenvalue weighted by Crippen LogP contribution is 2.71. The van der Waals surface area contributed by atoms with Crippen molar-refractivity contribution in [1.29, 1.82) is 0 Å². The summed E-state index contributed by atoms with van der Waals surface area (Å²) in [6.07, 6.45) is -12.6. The summed E-state index contributed by atoms with van der Waals surface area (Å²) in [5, 5.41) is 40.7. The summed E-state index contributed by atoms with van der Waals surface area (Å²) < 4.78 is 80.5. The van der Waals surface area contributed by atoms with Crippen LogP contribution in [0.2, 0.25) is 0 Å². The molecule has 0 spiro atoms. The Balaban J connectivity index is 1.31. The maximum atomic E-state index is 12.2. The van der Waals surface area contributed by atoms with Gasteiger partial charge in [0, 0.05) is 24.5 Å². The van der Waals surface area contributed by atoms with Crippen molar-refractivity contribution in [3.8, 4) is 0 Å². The molecule has 12 atom stereocenters. The minimum Gasteiger partial charge on any atom is -0.387 e. The number of rotatable bonds is 14. The molecule has 0 aromatic carbocycles. The van der Waals surface area contributed by atoms with Gasteiger partial charge in [0.1, 0.15) is 36.6 Å². The highest BCUT2D eigenvalue weighted by molar-refractivity contribution is 7.69. The fraction of sp³-hybridized carbons (Fsp3) is 0.556. The molecule has 0 saturated carbocycles. The van der Waals surface area contributed by atoms with Crippen LogP contribution in [0.3, 0.4) is 0 Å². The topological polar surface area (TPSA) is 404 Å². The molecule has 0 bridgehead atoms. The molecule has 0 amide bonds. The molecule has 276 valence electrons. The number of hydrogen-bond acceptors (Lipinski definition) is 19. The second-order valence-corrected chi connectivity index (χ2v) is 16.1. The maximum absolute atomic E-state index is 12.2. The van der Waals surface area contributed by atoms with E-state index < -0.39 is 116 Å². The fourth-order valence-electron chi connectivity index (χ4n) is 4.25. The molecule has 49 heavy (non-hydrogen) atoms. The number of aromatic amines is 2. The molecule has 4 heterocycles. The van der Waals surface area contributed by atoms with Crippen molar-refractivity contribution in [1.82, 2.24) is 19.1 Å². The van der Waals surface area contributed by atoms with E-state index in [4.69, 9.17) is 9.47 Å². The monoisotopic (exact) mass is 790 g/mol. The average molecular weight is 790 g/mol. The van der Waals surface area contributed by atoms with Gasteiger partial charge in [-0.1, -0.05) is 0 Å². The van der Waals surface area contributed by atoms with Gasteiger partial charge in [-0.15, -0.1) is 0 Å². The van der Waals surface area contributed by atoms with Gasteiger partial charge in [-0.25, -0.2) is 27.8 Å². The fourth-order valence-corrected chi connectivity index (χ4v) is 9.20. The molecule has 2 aromatic rings. The molecule has 31 heteroatoms. The lowest BCUT2D eigenvalue weighted by Crippen LogP contribution is -2.37. The molecule has 0 radical (unpaired) electrons. The number of aliphatic hydroxyl groups excluding tert-OH is 4. The Bertz CT molecular complexity index is 1820. The summed E-state index contributed by atoms with van der Waals surface area (Å²) >= 11 is 0. The predicted molar refractivity (Wildman–Crippen MR) is 149 cm³/mol. The second kappa shape index (κ2) is 14.7. The number of nitrogens with one attached hydrogen (secondary N) is 2. The third-order valence-electron chi connectivity index (χ3n) is 6.35. The Morgan fingerprint density at radius 2 is 0.918 bits per heavy atom. The Kier molecular flexibility index (Phi) is 11.9. The van der Waals surface area contributed by atoms with Crippen LogP contribution in [0.4, 0.5) is 0 Å². The van der Waals surface area contributed by atoms with Crippen LogP contribution in [0.25, 0.3) is 0 Å². The summed E-state index contributed by atoms with van der Waals surface area (Å²) in [6.45, 7) is -2.43. The average Bonchev–Trinajstić information content (AvgIpc) is 3.38. The van der Waals surface area contributed by atoms with Crippen LogP contribution in [0.5, 0.6) is 0 Å². The van der Waals surface area contributed by atoms with E-state index in [-0.39, 0.29) is 0 Å². The van der Waals surface area contributed by atoms with Gasteiger partial charge in [0.2, 0.25) is 0 Å². The first kappa shape index (κ1) is 39.5. The van der Waals surface area contributed by atoms with Gasteiger partial charge < -0.3 is 49.5 Å². The summed E-state index contributed by atoms with van der Waals surface area (Å²) in [5.74, 6) is 0. The largest absolute Gasteiger partial charge is 0.490 e. The van der Waals surface area contributed by atoms with Gasteiger partial charge in [-0.05, 0) is 0 Å². The minimum atomic E-state index is -6.24. The van der Waals surface area contributed by atoms with Crippen LogP contribution in [0.1, 0.15) is 12.5 Å². The van der Waals surface area contributed by atoms with Gasteiger partial charge in [-0.3, -0.25) is 37.7 Å². The summed E-state index contributed by atoms with van der Waals surface area (Å²) in [7, 11) is -24.1. The summed E-state index contributed by atoms with van der Waals surface area (Å²) in [4.78, 5) is 89.1. The van der Waals surface area contributed by atoms with E-state index in [0.717, 1.165) is 24.5 Å². The van der Waals surface area contributed by atoms with E-state index in [9.17, 15) is 77.4 Å². The van der Waals surface area contributed by atoms with E-state index in [1.54, 1.807) is 0 Å². The van der Waals surface area contributed by atoms with Crippen LogP contribution < -0.4 is 22.5 Å². The van der Waals surface area contributed by atoms with Gasteiger partial charge in [0.15, 0.2) is 12.5 Å². The van der Waals surface area contributed by atoms with Crippen molar-refractivity contribution in [2.45, 2.75) is 49.1 Å². The Hall–Kier alpha value is -2.32. The number of aliphatic hydroxyl groups is 4. The maximum Gasteiger partial charge on any atom is 0.490 e.